The lowest BCUT2D eigenvalue weighted by Gasteiger charge is -2.19. The van der Waals surface area contributed by atoms with E-state index in [9.17, 15) is 9.59 Å². The highest BCUT2D eigenvalue weighted by atomic mass is 16.4. The number of carboxylic acids is 1. The maximum absolute atomic E-state index is 12.4. The van der Waals surface area contributed by atoms with Crippen LogP contribution in [0.25, 0.3) is 0 Å². The first-order chi connectivity index (χ1) is 9.43. The standard InChI is InChI=1S/C16H19NO3/c1-10(2)17-9-11-3-4-12(7-13(11)15(17)20)16(5-6-16)8-14(18)19/h3-4,7,10H,5-6,8-9H2,1-2H3,(H,18,19). The molecule has 4 heteroatoms. The van der Waals surface area contributed by atoms with E-state index in [1.165, 1.54) is 0 Å². The van der Waals surface area contributed by atoms with Gasteiger partial charge in [-0.3, -0.25) is 9.59 Å². The molecule has 0 bridgehead atoms. The van der Waals surface area contributed by atoms with Gasteiger partial charge in [0.1, 0.15) is 0 Å². The molecule has 1 saturated carbocycles. The van der Waals surface area contributed by atoms with Gasteiger partial charge in [0.25, 0.3) is 5.91 Å². The molecule has 106 valence electrons. The summed E-state index contributed by atoms with van der Waals surface area (Å²) in [6, 6.07) is 6.11. The fraction of sp³-hybridized carbons (Fsp3) is 0.500. The monoisotopic (exact) mass is 273 g/mol. The van der Waals surface area contributed by atoms with Gasteiger partial charge < -0.3 is 10.0 Å². The Labute approximate surface area is 118 Å². The van der Waals surface area contributed by atoms with Crippen LogP contribution in [0, 0.1) is 0 Å². The summed E-state index contributed by atoms with van der Waals surface area (Å²) in [5, 5.41) is 9.04. The van der Waals surface area contributed by atoms with Crippen molar-refractivity contribution in [3.05, 3.63) is 34.9 Å². The van der Waals surface area contributed by atoms with Crippen molar-refractivity contribution in [1.82, 2.24) is 4.90 Å². The second-order valence-electron chi connectivity index (χ2n) is 6.25. The average Bonchev–Trinajstić information content (AvgIpc) is 3.07. The van der Waals surface area contributed by atoms with E-state index < -0.39 is 5.97 Å². The van der Waals surface area contributed by atoms with Crippen molar-refractivity contribution in [3.63, 3.8) is 0 Å². The number of carboxylic acid groups (broad SMARTS) is 1. The van der Waals surface area contributed by atoms with E-state index in [0.29, 0.717) is 6.54 Å². The van der Waals surface area contributed by atoms with Crippen molar-refractivity contribution in [2.45, 2.75) is 51.1 Å². The Morgan fingerprint density at radius 2 is 2.10 bits per heavy atom. The summed E-state index contributed by atoms with van der Waals surface area (Å²) in [5.74, 6) is -0.693. The molecule has 1 fully saturated rings. The highest BCUT2D eigenvalue weighted by Crippen LogP contribution is 2.51. The van der Waals surface area contributed by atoms with Crippen molar-refractivity contribution in [2.24, 2.45) is 0 Å². The number of aliphatic carboxylic acids is 1. The highest BCUT2D eigenvalue weighted by molar-refractivity contribution is 5.98. The lowest BCUT2D eigenvalue weighted by Crippen LogP contribution is -2.30. The molecule has 0 saturated heterocycles. The first-order valence-electron chi connectivity index (χ1n) is 7.09. The molecule has 0 aromatic heterocycles. The molecule has 0 unspecified atom stereocenters. The van der Waals surface area contributed by atoms with Crippen LogP contribution in [-0.4, -0.2) is 27.9 Å². The van der Waals surface area contributed by atoms with E-state index in [2.05, 4.69) is 0 Å². The van der Waals surface area contributed by atoms with Gasteiger partial charge in [-0.25, -0.2) is 0 Å². The summed E-state index contributed by atoms with van der Waals surface area (Å²) in [5.41, 5.74) is 2.59. The zero-order valence-electron chi connectivity index (χ0n) is 11.8. The van der Waals surface area contributed by atoms with Gasteiger partial charge in [0, 0.05) is 23.6 Å². The van der Waals surface area contributed by atoms with Gasteiger partial charge in [0.15, 0.2) is 0 Å². The Morgan fingerprint density at radius 1 is 1.40 bits per heavy atom. The molecule has 2 aliphatic rings. The Balaban J connectivity index is 1.93. The second kappa shape index (κ2) is 4.33. The van der Waals surface area contributed by atoms with Crippen molar-refractivity contribution >= 4 is 11.9 Å². The molecule has 1 N–H and O–H groups in total. The van der Waals surface area contributed by atoms with Gasteiger partial charge >= 0.3 is 5.97 Å². The Kier molecular flexibility index (Phi) is 2.85. The summed E-state index contributed by atoms with van der Waals surface area (Å²) in [6.07, 6.45) is 1.97. The SMILES string of the molecule is CC(C)N1Cc2ccc(C3(CC(=O)O)CC3)cc2C1=O. The number of hydrogen-bond acceptors (Lipinski definition) is 2. The molecule has 3 rings (SSSR count). The molecule has 20 heavy (non-hydrogen) atoms. The second-order valence-corrected chi connectivity index (χ2v) is 6.25. The number of carbonyl (C=O) groups excluding carboxylic acids is 1. The average molecular weight is 273 g/mol. The minimum Gasteiger partial charge on any atom is -0.481 e. The number of carbonyl (C=O) groups is 2. The topological polar surface area (TPSA) is 57.6 Å². The number of rotatable bonds is 4. The first kappa shape index (κ1) is 13.2. The predicted molar refractivity (Wildman–Crippen MR) is 74.6 cm³/mol. The van der Waals surface area contributed by atoms with E-state index in [1.807, 2.05) is 36.9 Å². The molecule has 0 radical (unpaired) electrons. The van der Waals surface area contributed by atoms with Crippen LogP contribution in [-0.2, 0) is 16.8 Å². The van der Waals surface area contributed by atoms with Crippen LogP contribution in [0.3, 0.4) is 0 Å². The summed E-state index contributed by atoms with van der Waals surface area (Å²) in [6.45, 7) is 4.69. The van der Waals surface area contributed by atoms with Crippen molar-refractivity contribution < 1.29 is 14.7 Å². The minimum absolute atomic E-state index is 0.0722. The van der Waals surface area contributed by atoms with Gasteiger partial charge in [0.05, 0.1) is 6.42 Å². The fourth-order valence-corrected chi connectivity index (χ4v) is 3.08. The quantitative estimate of drug-likeness (QED) is 0.917. The minimum atomic E-state index is -0.766. The first-order valence-corrected chi connectivity index (χ1v) is 7.09. The summed E-state index contributed by atoms with van der Waals surface area (Å²) >= 11 is 0. The zero-order valence-corrected chi connectivity index (χ0v) is 11.8. The van der Waals surface area contributed by atoms with Crippen LogP contribution in [0.15, 0.2) is 18.2 Å². The van der Waals surface area contributed by atoms with Crippen LogP contribution in [0.1, 0.15) is 54.6 Å². The molecular weight excluding hydrogens is 254 g/mol. The summed E-state index contributed by atoms with van der Waals surface area (Å²) < 4.78 is 0. The molecule has 4 nitrogen and oxygen atoms in total. The molecule has 1 amide bonds. The lowest BCUT2D eigenvalue weighted by molar-refractivity contribution is -0.137. The number of hydrogen-bond donors (Lipinski definition) is 1. The molecule has 0 spiro atoms. The molecule has 1 heterocycles. The zero-order chi connectivity index (χ0) is 14.5. The van der Waals surface area contributed by atoms with Gasteiger partial charge in [-0.1, -0.05) is 12.1 Å². The third kappa shape index (κ3) is 1.99. The number of benzene rings is 1. The van der Waals surface area contributed by atoms with E-state index in [0.717, 1.165) is 29.5 Å². The molecule has 0 atom stereocenters. The molecule has 1 aliphatic carbocycles. The molecular formula is C16H19NO3. The number of amides is 1. The van der Waals surface area contributed by atoms with Crippen LogP contribution in [0.4, 0.5) is 0 Å². The third-order valence-corrected chi connectivity index (χ3v) is 4.52. The van der Waals surface area contributed by atoms with Crippen LogP contribution in [0.5, 0.6) is 0 Å². The Bertz CT molecular complexity index is 587. The van der Waals surface area contributed by atoms with Crippen LogP contribution >= 0.6 is 0 Å². The van der Waals surface area contributed by atoms with E-state index in [-0.39, 0.29) is 23.8 Å². The van der Waals surface area contributed by atoms with Crippen LogP contribution in [0.2, 0.25) is 0 Å². The van der Waals surface area contributed by atoms with Gasteiger partial charge in [0.2, 0.25) is 0 Å². The molecule has 1 aromatic carbocycles. The van der Waals surface area contributed by atoms with Crippen molar-refractivity contribution in [1.29, 1.82) is 0 Å². The van der Waals surface area contributed by atoms with Crippen molar-refractivity contribution in [3.8, 4) is 0 Å². The summed E-state index contributed by atoms with van der Waals surface area (Å²) in [7, 11) is 0. The molecule has 1 aromatic rings. The number of fused-ring (bicyclic) bond motifs is 1. The maximum Gasteiger partial charge on any atom is 0.304 e. The predicted octanol–water partition coefficient (Wildman–Crippen LogP) is 2.56. The normalized spacial score (nSPS) is 19.4. The van der Waals surface area contributed by atoms with E-state index in [4.69, 9.17) is 5.11 Å². The smallest absolute Gasteiger partial charge is 0.304 e. The third-order valence-electron chi connectivity index (χ3n) is 4.52. The van der Waals surface area contributed by atoms with E-state index in [1.54, 1.807) is 0 Å². The van der Waals surface area contributed by atoms with Gasteiger partial charge in [-0.05, 0) is 43.9 Å². The Morgan fingerprint density at radius 3 is 2.65 bits per heavy atom. The fourth-order valence-electron chi connectivity index (χ4n) is 3.08. The lowest BCUT2D eigenvalue weighted by atomic mass is 9.90. The van der Waals surface area contributed by atoms with Crippen LogP contribution < -0.4 is 0 Å². The molecule has 1 aliphatic heterocycles. The summed E-state index contributed by atoms with van der Waals surface area (Å²) in [4.78, 5) is 25.2. The maximum atomic E-state index is 12.4. The van der Waals surface area contributed by atoms with E-state index >= 15 is 0 Å². The van der Waals surface area contributed by atoms with Crippen molar-refractivity contribution in [2.75, 3.05) is 0 Å². The number of nitrogens with zero attached hydrogens (tertiary/aromatic N) is 1. The van der Waals surface area contributed by atoms with Gasteiger partial charge in [-0.2, -0.15) is 0 Å². The van der Waals surface area contributed by atoms with Gasteiger partial charge in [-0.15, -0.1) is 0 Å². The Hall–Kier alpha value is -1.84. The largest absolute Gasteiger partial charge is 0.481 e. The highest BCUT2D eigenvalue weighted by Gasteiger charge is 2.46.